The second-order valence-electron chi connectivity index (χ2n) is 7.49. The van der Waals surface area contributed by atoms with Gasteiger partial charge in [-0.05, 0) is 42.7 Å². The van der Waals surface area contributed by atoms with E-state index in [-0.39, 0.29) is 17.9 Å². The van der Waals surface area contributed by atoms with Crippen molar-refractivity contribution in [3.8, 4) is 5.75 Å². The van der Waals surface area contributed by atoms with Crippen molar-refractivity contribution in [2.24, 2.45) is 0 Å². The van der Waals surface area contributed by atoms with Crippen molar-refractivity contribution in [3.63, 3.8) is 0 Å². The Balaban J connectivity index is 1.41. The summed E-state index contributed by atoms with van der Waals surface area (Å²) in [5, 5.41) is 3.10. The first kappa shape index (κ1) is 20.9. The monoisotopic (exact) mass is 395 g/mol. The number of carbonyl (C=O) groups is 2. The maximum absolute atomic E-state index is 12.6. The number of amides is 2. The van der Waals surface area contributed by atoms with E-state index < -0.39 is 0 Å². The molecule has 0 unspecified atom stereocenters. The van der Waals surface area contributed by atoms with Gasteiger partial charge in [0.2, 0.25) is 5.91 Å². The van der Waals surface area contributed by atoms with E-state index in [9.17, 15) is 9.59 Å². The van der Waals surface area contributed by atoms with Gasteiger partial charge >= 0.3 is 0 Å². The Morgan fingerprint density at radius 1 is 1.07 bits per heavy atom. The van der Waals surface area contributed by atoms with Crippen LogP contribution in [0.2, 0.25) is 0 Å². The van der Waals surface area contributed by atoms with Crippen molar-refractivity contribution in [2.45, 2.75) is 25.4 Å². The van der Waals surface area contributed by atoms with Gasteiger partial charge in [0.1, 0.15) is 5.75 Å². The van der Waals surface area contributed by atoms with E-state index >= 15 is 0 Å². The number of methoxy groups -OCH3 is 1. The molecular weight excluding hydrogens is 366 g/mol. The molecule has 0 saturated carbocycles. The predicted molar refractivity (Wildman–Crippen MR) is 113 cm³/mol. The van der Waals surface area contributed by atoms with Gasteiger partial charge in [0.25, 0.3) is 5.91 Å². The molecule has 2 amide bonds. The van der Waals surface area contributed by atoms with Crippen LogP contribution in [0.15, 0.2) is 54.6 Å². The number of nitrogens with zero attached hydrogens (tertiary/aromatic N) is 2. The minimum absolute atomic E-state index is 0.0284. The summed E-state index contributed by atoms with van der Waals surface area (Å²) in [6.45, 7) is 2.60. The summed E-state index contributed by atoms with van der Waals surface area (Å²) in [7, 11) is 3.47. The standard InChI is InChI=1S/C23H29N3O3/c1-25(16-18-8-10-21(29-2)11-9-18)22(27)17-26-14-12-20(13-15-26)24-23(28)19-6-4-3-5-7-19/h3-11,20H,12-17H2,1-2H3,(H,24,28). The third-order valence-corrected chi connectivity index (χ3v) is 5.32. The van der Waals surface area contributed by atoms with Crippen LogP contribution in [0.4, 0.5) is 0 Å². The summed E-state index contributed by atoms with van der Waals surface area (Å²) in [5.41, 5.74) is 1.76. The van der Waals surface area contributed by atoms with Crippen LogP contribution in [0.1, 0.15) is 28.8 Å². The molecule has 3 rings (SSSR count). The smallest absolute Gasteiger partial charge is 0.251 e. The van der Waals surface area contributed by atoms with E-state index in [0.29, 0.717) is 18.7 Å². The molecule has 2 aromatic rings. The van der Waals surface area contributed by atoms with Crippen LogP contribution in [-0.4, -0.2) is 61.4 Å². The van der Waals surface area contributed by atoms with Gasteiger partial charge in [0.15, 0.2) is 0 Å². The largest absolute Gasteiger partial charge is 0.497 e. The molecule has 6 nitrogen and oxygen atoms in total. The van der Waals surface area contributed by atoms with Gasteiger partial charge in [-0.25, -0.2) is 0 Å². The Labute approximate surface area is 172 Å². The zero-order valence-electron chi connectivity index (χ0n) is 17.1. The second kappa shape index (κ2) is 10.1. The van der Waals surface area contributed by atoms with Crippen molar-refractivity contribution >= 4 is 11.8 Å². The molecule has 0 aliphatic carbocycles. The molecule has 2 aromatic carbocycles. The van der Waals surface area contributed by atoms with Crippen LogP contribution in [-0.2, 0) is 11.3 Å². The zero-order valence-corrected chi connectivity index (χ0v) is 17.1. The Morgan fingerprint density at radius 3 is 2.34 bits per heavy atom. The van der Waals surface area contributed by atoms with Crippen molar-refractivity contribution in [3.05, 3.63) is 65.7 Å². The highest BCUT2D eigenvalue weighted by Gasteiger charge is 2.23. The molecule has 1 aliphatic rings. The number of hydrogen-bond acceptors (Lipinski definition) is 4. The van der Waals surface area contributed by atoms with Gasteiger partial charge in [-0.1, -0.05) is 30.3 Å². The Kier molecular flexibility index (Phi) is 7.25. The van der Waals surface area contributed by atoms with Gasteiger partial charge in [-0.2, -0.15) is 0 Å². The van der Waals surface area contributed by atoms with Crippen LogP contribution in [0.25, 0.3) is 0 Å². The third kappa shape index (κ3) is 6.06. The molecule has 0 aromatic heterocycles. The first-order chi connectivity index (χ1) is 14.0. The third-order valence-electron chi connectivity index (χ3n) is 5.32. The van der Waals surface area contributed by atoms with E-state index in [1.807, 2.05) is 61.6 Å². The molecule has 0 spiro atoms. The lowest BCUT2D eigenvalue weighted by Crippen LogP contribution is -2.47. The van der Waals surface area contributed by atoms with Crippen LogP contribution in [0.3, 0.4) is 0 Å². The van der Waals surface area contributed by atoms with Crippen molar-refractivity contribution in [1.29, 1.82) is 0 Å². The maximum atomic E-state index is 12.6. The minimum atomic E-state index is -0.0284. The van der Waals surface area contributed by atoms with Gasteiger partial charge in [-0.3, -0.25) is 14.5 Å². The van der Waals surface area contributed by atoms with Gasteiger partial charge < -0.3 is 15.0 Å². The van der Waals surface area contributed by atoms with Crippen LogP contribution in [0, 0.1) is 0 Å². The average molecular weight is 396 g/mol. The lowest BCUT2D eigenvalue weighted by molar-refractivity contribution is -0.131. The summed E-state index contributed by atoms with van der Waals surface area (Å²) >= 11 is 0. The summed E-state index contributed by atoms with van der Waals surface area (Å²) in [5.74, 6) is 0.886. The molecule has 29 heavy (non-hydrogen) atoms. The number of benzene rings is 2. The highest BCUT2D eigenvalue weighted by Crippen LogP contribution is 2.14. The maximum Gasteiger partial charge on any atom is 0.251 e. The van der Waals surface area contributed by atoms with Gasteiger partial charge in [0.05, 0.1) is 13.7 Å². The molecule has 1 N–H and O–H groups in total. The van der Waals surface area contributed by atoms with E-state index in [4.69, 9.17) is 4.74 Å². The van der Waals surface area contributed by atoms with E-state index in [1.54, 1.807) is 12.0 Å². The Bertz CT molecular complexity index is 800. The molecule has 1 saturated heterocycles. The van der Waals surface area contributed by atoms with Crippen LogP contribution >= 0.6 is 0 Å². The molecule has 154 valence electrons. The highest BCUT2D eigenvalue weighted by molar-refractivity contribution is 5.94. The molecule has 0 atom stereocenters. The summed E-state index contributed by atoms with van der Waals surface area (Å²) in [6, 6.07) is 17.2. The molecule has 0 radical (unpaired) electrons. The quantitative estimate of drug-likeness (QED) is 0.783. The lowest BCUT2D eigenvalue weighted by atomic mass is 10.0. The number of rotatable bonds is 7. The number of likely N-dealkylation sites (N-methyl/N-ethyl adjacent to an activating group) is 1. The fourth-order valence-electron chi connectivity index (χ4n) is 3.50. The first-order valence-electron chi connectivity index (χ1n) is 10.0. The Morgan fingerprint density at radius 2 is 1.72 bits per heavy atom. The van der Waals surface area contributed by atoms with E-state index in [2.05, 4.69) is 10.2 Å². The summed E-state index contributed by atoms with van der Waals surface area (Å²) in [6.07, 6.45) is 1.71. The number of hydrogen-bond donors (Lipinski definition) is 1. The number of likely N-dealkylation sites (tertiary alicyclic amines) is 1. The molecular formula is C23H29N3O3. The number of carbonyl (C=O) groups excluding carboxylic acids is 2. The molecule has 1 heterocycles. The van der Waals surface area contributed by atoms with Crippen molar-refractivity contribution in [2.75, 3.05) is 33.8 Å². The molecule has 0 bridgehead atoms. The van der Waals surface area contributed by atoms with E-state index in [1.165, 1.54) is 0 Å². The first-order valence-corrected chi connectivity index (χ1v) is 10.0. The average Bonchev–Trinajstić information content (AvgIpc) is 2.76. The van der Waals surface area contributed by atoms with Gasteiger partial charge in [-0.15, -0.1) is 0 Å². The van der Waals surface area contributed by atoms with Gasteiger partial charge in [0, 0.05) is 38.3 Å². The highest BCUT2D eigenvalue weighted by atomic mass is 16.5. The number of piperidine rings is 1. The van der Waals surface area contributed by atoms with E-state index in [0.717, 1.165) is 37.2 Å². The summed E-state index contributed by atoms with van der Waals surface area (Å²) < 4.78 is 5.17. The van der Waals surface area contributed by atoms with Crippen LogP contribution in [0.5, 0.6) is 5.75 Å². The zero-order chi connectivity index (χ0) is 20.6. The lowest BCUT2D eigenvalue weighted by Gasteiger charge is -2.32. The minimum Gasteiger partial charge on any atom is -0.497 e. The fraction of sp³-hybridized carbons (Fsp3) is 0.391. The Hall–Kier alpha value is -2.86. The van der Waals surface area contributed by atoms with Crippen LogP contribution < -0.4 is 10.1 Å². The normalized spacial score (nSPS) is 15.0. The van der Waals surface area contributed by atoms with Crippen molar-refractivity contribution < 1.29 is 14.3 Å². The molecule has 1 fully saturated rings. The molecule has 1 aliphatic heterocycles. The molecule has 6 heteroatoms. The topological polar surface area (TPSA) is 61.9 Å². The summed E-state index contributed by atoms with van der Waals surface area (Å²) in [4.78, 5) is 28.8. The number of nitrogens with one attached hydrogen (secondary N) is 1. The fourth-order valence-corrected chi connectivity index (χ4v) is 3.50. The second-order valence-corrected chi connectivity index (χ2v) is 7.49. The number of ether oxygens (including phenoxy) is 1. The predicted octanol–water partition coefficient (Wildman–Crippen LogP) is 2.55. The van der Waals surface area contributed by atoms with Crippen molar-refractivity contribution in [1.82, 2.24) is 15.1 Å². The SMILES string of the molecule is COc1ccc(CN(C)C(=O)CN2CCC(NC(=O)c3ccccc3)CC2)cc1.